The summed E-state index contributed by atoms with van der Waals surface area (Å²) in [6.07, 6.45) is 2.21. The second-order valence-corrected chi connectivity index (χ2v) is 9.16. The van der Waals surface area contributed by atoms with Crippen LogP contribution >= 0.6 is 23.8 Å². The standard InChI is InChI=1S/C25H25ClN4O3S/c1-15-21(24-28-23(29-33-24)17-7-4-9-19(13-17)31-2)22(16-6-3-8-18(26)12-16)27-25(34)30(15)14-20-10-5-11-32-20/h3-4,6-9,12-13,20,22H,5,10-11,14H2,1-2H3,(H,27,34). The second-order valence-electron chi connectivity index (χ2n) is 8.34. The summed E-state index contributed by atoms with van der Waals surface area (Å²) >= 11 is 12.1. The molecule has 0 amide bonds. The van der Waals surface area contributed by atoms with E-state index in [9.17, 15) is 0 Å². The van der Waals surface area contributed by atoms with Crippen LogP contribution in [0.4, 0.5) is 0 Å². The Labute approximate surface area is 208 Å². The predicted molar refractivity (Wildman–Crippen MR) is 134 cm³/mol. The van der Waals surface area contributed by atoms with E-state index in [2.05, 4.69) is 15.4 Å². The van der Waals surface area contributed by atoms with Gasteiger partial charge in [0, 0.05) is 22.9 Å². The van der Waals surface area contributed by atoms with Gasteiger partial charge >= 0.3 is 0 Å². The van der Waals surface area contributed by atoms with Gasteiger partial charge in [0.15, 0.2) is 5.11 Å². The van der Waals surface area contributed by atoms with Crippen LogP contribution in [-0.2, 0) is 4.74 Å². The van der Waals surface area contributed by atoms with Crippen molar-refractivity contribution < 1.29 is 14.0 Å². The number of methoxy groups -OCH3 is 1. The van der Waals surface area contributed by atoms with Crippen LogP contribution in [0, 0.1) is 0 Å². The number of halogens is 1. The number of ether oxygens (including phenoxy) is 2. The minimum atomic E-state index is -0.287. The molecule has 3 heterocycles. The van der Waals surface area contributed by atoms with Gasteiger partial charge in [-0.3, -0.25) is 0 Å². The molecule has 1 N–H and O–H groups in total. The van der Waals surface area contributed by atoms with Gasteiger partial charge in [-0.15, -0.1) is 0 Å². The minimum Gasteiger partial charge on any atom is -0.497 e. The number of hydrogen-bond donors (Lipinski definition) is 1. The molecule has 0 spiro atoms. The highest BCUT2D eigenvalue weighted by molar-refractivity contribution is 7.80. The Bertz CT molecular complexity index is 1240. The summed E-state index contributed by atoms with van der Waals surface area (Å²) in [6.45, 7) is 3.48. The monoisotopic (exact) mass is 496 g/mol. The number of allylic oxidation sites excluding steroid dienone is 1. The number of aromatic nitrogens is 2. The van der Waals surface area contributed by atoms with Crippen LogP contribution in [-0.4, -0.2) is 46.5 Å². The molecular weight excluding hydrogens is 472 g/mol. The number of hydrogen-bond acceptors (Lipinski definition) is 6. The normalized spacial score (nSPS) is 20.6. The van der Waals surface area contributed by atoms with Gasteiger partial charge in [0.2, 0.25) is 5.82 Å². The molecule has 0 aliphatic carbocycles. The van der Waals surface area contributed by atoms with E-state index in [1.807, 2.05) is 55.5 Å². The topological polar surface area (TPSA) is 72.7 Å². The average Bonchev–Trinajstić information content (AvgIpc) is 3.54. The lowest BCUT2D eigenvalue weighted by molar-refractivity contribution is 0.0962. The Hall–Kier alpha value is -2.94. The van der Waals surface area contributed by atoms with Gasteiger partial charge in [0.25, 0.3) is 5.89 Å². The van der Waals surface area contributed by atoms with Crippen molar-refractivity contribution >= 4 is 34.5 Å². The molecule has 176 valence electrons. The lowest BCUT2D eigenvalue weighted by Crippen LogP contribution is -2.48. The van der Waals surface area contributed by atoms with Crippen LogP contribution in [0.1, 0.15) is 37.3 Å². The predicted octanol–water partition coefficient (Wildman–Crippen LogP) is 5.24. The molecule has 2 aromatic carbocycles. The van der Waals surface area contributed by atoms with Gasteiger partial charge < -0.3 is 24.2 Å². The summed E-state index contributed by atoms with van der Waals surface area (Å²) in [4.78, 5) is 6.82. The first-order valence-electron chi connectivity index (χ1n) is 11.2. The molecule has 2 aliphatic heterocycles. The van der Waals surface area contributed by atoms with Crippen molar-refractivity contribution in [2.24, 2.45) is 0 Å². The van der Waals surface area contributed by atoms with E-state index >= 15 is 0 Å². The molecule has 2 atom stereocenters. The molecule has 1 saturated heterocycles. The van der Waals surface area contributed by atoms with Gasteiger partial charge in [-0.2, -0.15) is 4.98 Å². The number of nitrogens with zero attached hydrogens (tertiary/aromatic N) is 3. The van der Waals surface area contributed by atoms with E-state index in [4.69, 9.17) is 42.8 Å². The van der Waals surface area contributed by atoms with E-state index < -0.39 is 0 Å². The van der Waals surface area contributed by atoms with Crippen molar-refractivity contribution in [2.75, 3.05) is 20.3 Å². The Morgan fingerprint density at radius 1 is 1.24 bits per heavy atom. The molecule has 1 fully saturated rings. The van der Waals surface area contributed by atoms with Crippen LogP contribution in [0.25, 0.3) is 17.0 Å². The van der Waals surface area contributed by atoms with E-state index in [1.165, 1.54) is 0 Å². The first-order valence-corrected chi connectivity index (χ1v) is 12.0. The Morgan fingerprint density at radius 3 is 2.85 bits per heavy atom. The minimum absolute atomic E-state index is 0.133. The van der Waals surface area contributed by atoms with Gasteiger partial charge in [0.1, 0.15) is 5.75 Å². The first kappa shape index (κ1) is 22.8. The molecule has 5 rings (SSSR count). The molecule has 3 aromatic rings. The molecule has 2 aliphatic rings. The second kappa shape index (κ2) is 9.74. The van der Waals surface area contributed by atoms with Crippen molar-refractivity contribution in [1.29, 1.82) is 0 Å². The molecule has 34 heavy (non-hydrogen) atoms. The maximum Gasteiger partial charge on any atom is 0.258 e. The highest BCUT2D eigenvalue weighted by Gasteiger charge is 2.35. The summed E-state index contributed by atoms with van der Waals surface area (Å²) in [6, 6.07) is 15.0. The van der Waals surface area contributed by atoms with Crippen molar-refractivity contribution in [3.63, 3.8) is 0 Å². The molecule has 0 radical (unpaired) electrons. The Kier molecular flexibility index (Phi) is 6.54. The lowest BCUT2D eigenvalue weighted by atomic mass is 9.94. The molecule has 0 bridgehead atoms. The van der Waals surface area contributed by atoms with E-state index in [1.54, 1.807) is 7.11 Å². The maximum atomic E-state index is 6.32. The average molecular weight is 497 g/mol. The molecular formula is C25H25ClN4O3S. The third kappa shape index (κ3) is 4.53. The third-order valence-corrected chi connectivity index (χ3v) is 6.75. The van der Waals surface area contributed by atoms with Crippen molar-refractivity contribution in [3.05, 3.63) is 70.7 Å². The van der Waals surface area contributed by atoms with Gasteiger partial charge in [-0.25, -0.2) is 0 Å². The number of nitrogens with one attached hydrogen (secondary N) is 1. The van der Waals surface area contributed by atoms with Gasteiger partial charge in [-0.05, 0) is 61.8 Å². The van der Waals surface area contributed by atoms with Crippen molar-refractivity contribution in [3.8, 4) is 17.1 Å². The zero-order valence-electron chi connectivity index (χ0n) is 19.0. The third-order valence-electron chi connectivity index (χ3n) is 6.17. The van der Waals surface area contributed by atoms with Gasteiger partial charge in [0.05, 0.1) is 31.4 Å². The zero-order chi connectivity index (χ0) is 23.7. The highest BCUT2D eigenvalue weighted by Crippen LogP contribution is 2.38. The Balaban J connectivity index is 1.57. The van der Waals surface area contributed by atoms with Crippen LogP contribution in [0.15, 0.2) is 58.8 Å². The molecule has 7 nitrogen and oxygen atoms in total. The summed E-state index contributed by atoms with van der Waals surface area (Å²) in [5.74, 6) is 1.63. The number of thiocarbonyl (C=S) groups is 1. The summed E-state index contributed by atoms with van der Waals surface area (Å²) in [5.41, 5.74) is 3.57. The summed E-state index contributed by atoms with van der Waals surface area (Å²) in [5, 5.41) is 9.01. The fourth-order valence-corrected chi connectivity index (χ4v) is 4.95. The van der Waals surface area contributed by atoms with E-state index in [0.29, 0.717) is 28.4 Å². The van der Waals surface area contributed by atoms with Crippen LogP contribution in [0.3, 0.4) is 0 Å². The smallest absolute Gasteiger partial charge is 0.258 e. The van der Waals surface area contributed by atoms with Crippen molar-refractivity contribution in [1.82, 2.24) is 20.4 Å². The maximum absolute atomic E-state index is 6.32. The van der Waals surface area contributed by atoms with Crippen LogP contribution < -0.4 is 10.1 Å². The fourth-order valence-electron chi connectivity index (χ4n) is 4.42. The first-order chi connectivity index (χ1) is 16.5. The highest BCUT2D eigenvalue weighted by atomic mass is 35.5. The summed E-state index contributed by atoms with van der Waals surface area (Å²) in [7, 11) is 1.63. The van der Waals surface area contributed by atoms with Crippen LogP contribution in [0.5, 0.6) is 5.75 Å². The molecule has 1 aromatic heterocycles. The van der Waals surface area contributed by atoms with Crippen molar-refractivity contribution in [2.45, 2.75) is 31.9 Å². The SMILES string of the molecule is COc1cccc(-c2noc(C3=C(C)N(CC4CCCO4)C(=S)NC3c3cccc(Cl)c3)n2)c1. The Morgan fingerprint density at radius 2 is 2.09 bits per heavy atom. The zero-order valence-corrected chi connectivity index (χ0v) is 20.5. The molecule has 2 unspecified atom stereocenters. The van der Waals surface area contributed by atoms with E-state index in [0.717, 1.165) is 47.6 Å². The fraction of sp³-hybridized carbons (Fsp3) is 0.320. The lowest BCUT2D eigenvalue weighted by Gasteiger charge is -2.38. The van der Waals surface area contributed by atoms with E-state index in [-0.39, 0.29) is 12.1 Å². The van der Waals surface area contributed by atoms with Crippen LogP contribution in [0.2, 0.25) is 5.02 Å². The number of rotatable bonds is 6. The molecule has 0 saturated carbocycles. The number of benzene rings is 2. The summed E-state index contributed by atoms with van der Waals surface area (Å²) < 4.78 is 17.0. The quantitative estimate of drug-likeness (QED) is 0.464. The van der Waals surface area contributed by atoms with Gasteiger partial charge in [-0.1, -0.05) is 41.0 Å². The molecule has 9 heteroatoms. The largest absolute Gasteiger partial charge is 0.497 e.